The van der Waals surface area contributed by atoms with Crippen LogP contribution < -0.4 is 11.1 Å². The van der Waals surface area contributed by atoms with Gasteiger partial charge in [0.2, 0.25) is 0 Å². The molecule has 0 spiro atoms. The smallest absolute Gasteiger partial charge is 0.0953 e. The van der Waals surface area contributed by atoms with Crippen LogP contribution in [0.25, 0.3) is 10.9 Å². The van der Waals surface area contributed by atoms with Crippen LogP contribution in [0.15, 0.2) is 30.5 Å². The van der Waals surface area contributed by atoms with Crippen molar-refractivity contribution in [2.24, 2.45) is 0 Å². The first kappa shape index (κ1) is 12.6. The number of benzene rings is 1. The van der Waals surface area contributed by atoms with Crippen molar-refractivity contribution in [3.63, 3.8) is 0 Å². The van der Waals surface area contributed by atoms with Crippen molar-refractivity contribution < 1.29 is 9.84 Å². The molecule has 0 saturated carbocycles. The first-order valence-corrected chi connectivity index (χ1v) is 5.88. The quantitative estimate of drug-likeness (QED) is 0.528. The van der Waals surface area contributed by atoms with Gasteiger partial charge < -0.3 is 20.9 Å². The van der Waals surface area contributed by atoms with Gasteiger partial charge in [-0.1, -0.05) is 0 Å². The van der Waals surface area contributed by atoms with Crippen molar-refractivity contribution in [2.45, 2.75) is 0 Å². The molecule has 1 aromatic carbocycles. The summed E-state index contributed by atoms with van der Waals surface area (Å²) in [5.74, 6) is 0. The standard InChI is InChI=1S/C13H17N3O2/c14-11-3-4-12(15-6-8-18-9-7-17)13-10(11)2-1-5-16-13/h1-5,15,17H,6-9,14H2. The molecule has 5 nitrogen and oxygen atoms in total. The first-order valence-electron chi connectivity index (χ1n) is 5.88. The van der Waals surface area contributed by atoms with Gasteiger partial charge in [-0.2, -0.15) is 0 Å². The van der Waals surface area contributed by atoms with Crippen LogP contribution in [-0.2, 0) is 4.74 Å². The van der Waals surface area contributed by atoms with E-state index in [4.69, 9.17) is 15.6 Å². The number of nitrogens with two attached hydrogens (primary N) is 1. The molecule has 2 aromatic rings. The summed E-state index contributed by atoms with van der Waals surface area (Å²) in [5.41, 5.74) is 8.42. The van der Waals surface area contributed by atoms with Gasteiger partial charge in [0.25, 0.3) is 0 Å². The number of nitrogen functional groups attached to an aromatic ring is 1. The number of fused-ring (bicyclic) bond motifs is 1. The summed E-state index contributed by atoms with van der Waals surface area (Å²) in [7, 11) is 0. The zero-order valence-electron chi connectivity index (χ0n) is 10.1. The van der Waals surface area contributed by atoms with E-state index in [-0.39, 0.29) is 6.61 Å². The Bertz CT molecular complexity index is 517. The second-order valence-electron chi connectivity index (χ2n) is 3.86. The summed E-state index contributed by atoms with van der Waals surface area (Å²) >= 11 is 0. The van der Waals surface area contributed by atoms with Crippen LogP contribution in [0.2, 0.25) is 0 Å². The molecular weight excluding hydrogens is 230 g/mol. The number of pyridine rings is 1. The Labute approximate surface area is 106 Å². The molecule has 1 aromatic heterocycles. The molecule has 0 aliphatic carbocycles. The molecule has 0 amide bonds. The number of rotatable bonds is 6. The second-order valence-corrected chi connectivity index (χ2v) is 3.86. The lowest BCUT2D eigenvalue weighted by atomic mass is 10.1. The molecule has 0 fully saturated rings. The third-order valence-electron chi connectivity index (χ3n) is 2.60. The molecule has 0 aliphatic heterocycles. The zero-order valence-corrected chi connectivity index (χ0v) is 10.1. The van der Waals surface area contributed by atoms with Crippen molar-refractivity contribution in [3.8, 4) is 0 Å². The number of hydrogen-bond acceptors (Lipinski definition) is 5. The average Bonchev–Trinajstić information content (AvgIpc) is 2.41. The van der Waals surface area contributed by atoms with Crippen LogP contribution in [-0.4, -0.2) is 36.5 Å². The number of aliphatic hydroxyl groups is 1. The Morgan fingerprint density at radius 1 is 1.28 bits per heavy atom. The van der Waals surface area contributed by atoms with Crippen LogP contribution in [0, 0.1) is 0 Å². The number of aromatic nitrogens is 1. The van der Waals surface area contributed by atoms with Crippen molar-refractivity contribution in [2.75, 3.05) is 37.4 Å². The first-order chi connectivity index (χ1) is 8.83. The van der Waals surface area contributed by atoms with E-state index >= 15 is 0 Å². The van der Waals surface area contributed by atoms with Crippen molar-refractivity contribution in [1.82, 2.24) is 4.98 Å². The monoisotopic (exact) mass is 247 g/mol. The van der Waals surface area contributed by atoms with Gasteiger partial charge in [-0.05, 0) is 24.3 Å². The topological polar surface area (TPSA) is 80.4 Å². The van der Waals surface area contributed by atoms with Crippen molar-refractivity contribution in [1.29, 1.82) is 0 Å². The van der Waals surface area contributed by atoms with Crippen LogP contribution in [0.4, 0.5) is 11.4 Å². The summed E-state index contributed by atoms with van der Waals surface area (Å²) < 4.78 is 5.18. The fourth-order valence-electron chi connectivity index (χ4n) is 1.76. The van der Waals surface area contributed by atoms with E-state index in [0.717, 1.165) is 22.3 Å². The largest absolute Gasteiger partial charge is 0.398 e. The molecule has 96 valence electrons. The third-order valence-corrected chi connectivity index (χ3v) is 2.60. The van der Waals surface area contributed by atoms with E-state index in [9.17, 15) is 0 Å². The highest BCUT2D eigenvalue weighted by Gasteiger charge is 2.04. The Kier molecular flexibility index (Phi) is 4.33. The number of nitrogens with one attached hydrogen (secondary N) is 1. The lowest BCUT2D eigenvalue weighted by molar-refractivity contribution is 0.0992. The average molecular weight is 247 g/mol. The second kappa shape index (κ2) is 6.18. The van der Waals surface area contributed by atoms with E-state index in [2.05, 4.69) is 10.3 Å². The maximum absolute atomic E-state index is 8.59. The molecule has 0 bridgehead atoms. The number of hydrogen-bond donors (Lipinski definition) is 3. The lowest BCUT2D eigenvalue weighted by Gasteiger charge is -2.10. The minimum absolute atomic E-state index is 0.0480. The van der Waals surface area contributed by atoms with Crippen molar-refractivity contribution >= 4 is 22.3 Å². The van der Waals surface area contributed by atoms with Crippen molar-refractivity contribution in [3.05, 3.63) is 30.5 Å². The Morgan fingerprint density at radius 3 is 3.00 bits per heavy atom. The van der Waals surface area contributed by atoms with Gasteiger partial charge in [0.1, 0.15) is 0 Å². The van der Waals surface area contributed by atoms with Gasteiger partial charge in [-0.25, -0.2) is 0 Å². The molecule has 4 N–H and O–H groups in total. The Balaban J connectivity index is 2.07. The van der Waals surface area contributed by atoms with Crippen LogP contribution in [0.3, 0.4) is 0 Å². The maximum Gasteiger partial charge on any atom is 0.0953 e. The molecular formula is C13H17N3O2. The molecule has 1 heterocycles. The highest BCUT2D eigenvalue weighted by Crippen LogP contribution is 2.25. The fraction of sp³-hybridized carbons (Fsp3) is 0.308. The van der Waals surface area contributed by atoms with Crippen LogP contribution in [0.5, 0.6) is 0 Å². The van der Waals surface area contributed by atoms with Gasteiger partial charge in [-0.15, -0.1) is 0 Å². The Hall–Kier alpha value is -1.85. The predicted octanol–water partition coefficient (Wildman–Crippen LogP) is 1.24. The highest BCUT2D eigenvalue weighted by molar-refractivity contribution is 5.98. The third kappa shape index (κ3) is 2.88. The Morgan fingerprint density at radius 2 is 2.17 bits per heavy atom. The molecule has 0 aliphatic rings. The van der Waals surface area contributed by atoms with E-state index in [1.54, 1.807) is 6.20 Å². The SMILES string of the molecule is Nc1ccc(NCCOCCO)c2ncccc12. The minimum Gasteiger partial charge on any atom is -0.398 e. The number of anilines is 2. The van der Waals surface area contributed by atoms with Crippen LogP contribution in [0.1, 0.15) is 0 Å². The molecule has 2 rings (SSSR count). The van der Waals surface area contributed by atoms with Gasteiger partial charge in [0.05, 0.1) is 31.0 Å². The maximum atomic E-state index is 8.59. The summed E-state index contributed by atoms with van der Waals surface area (Å²) in [5, 5.41) is 12.8. The molecule has 0 saturated heterocycles. The summed E-state index contributed by atoms with van der Waals surface area (Å²) in [6.07, 6.45) is 1.75. The summed E-state index contributed by atoms with van der Waals surface area (Å²) in [6, 6.07) is 7.59. The number of ether oxygens (including phenoxy) is 1. The predicted molar refractivity (Wildman–Crippen MR) is 72.5 cm³/mol. The summed E-state index contributed by atoms with van der Waals surface area (Å²) in [4.78, 5) is 4.33. The van der Waals surface area contributed by atoms with Gasteiger partial charge >= 0.3 is 0 Å². The fourth-order valence-corrected chi connectivity index (χ4v) is 1.76. The lowest BCUT2D eigenvalue weighted by Crippen LogP contribution is -2.11. The highest BCUT2D eigenvalue weighted by atomic mass is 16.5. The van der Waals surface area contributed by atoms with E-state index in [0.29, 0.717) is 19.8 Å². The normalized spacial score (nSPS) is 10.7. The van der Waals surface area contributed by atoms with Gasteiger partial charge in [0.15, 0.2) is 0 Å². The molecule has 0 unspecified atom stereocenters. The van der Waals surface area contributed by atoms with Gasteiger partial charge in [0, 0.05) is 23.8 Å². The zero-order chi connectivity index (χ0) is 12.8. The van der Waals surface area contributed by atoms with E-state index in [1.807, 2.05) is 24.3 Å². The van der Waals surface area contributed by atoms with Crippen LogP contribution >= 0.6 is 0 Å². The number of nitrogens with zero attached hydrogens (tertiary/aromatic N) is 1. The minimum atomic E-state index is 0.0480. The molecule has 5 heteroatoms. The molecule has 0 radical (unpaired) electrons. The van der Waals surface area contributed by atoms with E-state index in [1.165, 1.54) is 0 Å². The number of aliphatic hydroxyl groups excluding tert-OH is 1. The molecule has 18 heavy (non-hydrogen) atoms. The summed E-state index contributed by atoms with van der Waals surface area (Å²) in [6.45, 7) is 1.61. The van der Waals surface area contributed by atoms with Gasteiger partial charge in [-0.3, -0.25) is 4.98 Å². The molecule has 0 atom stereocenters. The van der Waals surface area contributed by atoms with E-state index < -0.39 is 0 Å².